The Kier molecular flexibility index (Phi) is 5.05. The fourth-order valence-electron chi connectivity index (χ4n) is 2.81. The van der Waals surface area contributed by atoms with Gasteiger partial charge in [0.25, 0.3) is 5.56 Å². The summed E-state index contributed by atoms with van der Waals surface area (Å²) in [5.41, 5.74) is 0.240. The molecule has 0 aliphatic carbocycles. The number of nitrogens with one attached hydrogen (secondary N) is 1. The van der Waals surface area contributed by atoms with Crippen LogP contribution in [0.15, 0.2) is 35.4 Å². The second-order valence-electron chi connectivity index (χ2n) is 5.99. The Morgan fingerprint density at radius 1 is 1.07 bits per heavy atom. The first-order valence-electron chi connectivity index (χ1n) is 8.15. The summed E-state index contributed by atoms with van der Waals surface area (Å²) in [6, 6.07) is 6.11. The zero-order valence-electron chi connectivity index (χ0n) is 14.2. The van der Waals surface area contributed by atoms with E-state index in [-0.39, 0.29) is 17.0 Å². The largest absolute Gasteiger partial charge is 0.486 e. The number of hydrogen-bond acceptors (Lipinski definition) is 5. The third-order valence-electron chi connectivity index (χ3n) is 4.07. The molecule has 2 aromatic carbocycles. The minimum atomic E-state index is -0.463. The van der Waals surface area contributed by atoms with Crippen molar-refractivity contribution in [2.75, 3.05) is 18.5 Å². The maximum absolute atomic E-state index is 12.6. The second kappa shape index (κ2) is 7.50. The van der Waals surface area contributed by atoms with Gasteiger partial charge in [-0.15, -0.1) is 0 Å². The van der Waals surface area contributed by atoms with Gasteiger partial charge in [0.2, 0.25) is 5.91 Å². The molecule has 1 N–H and O–H groups in total. The Balaban J connectivity index is 1.59. The van der Waals surface area contributed by atoms with E-state index in [2.05, 4.69) is 10.3 Å². The number of amides is 1. The third kappa shape index (κ3) is 3.61. The van der Waals surface area contributed by atoms with Gasteiger partial charge in [-0.3, -0.25) is 14.2 Å². The highest BCUT2D eigenvalue weighted by Gasteiger charge is 2.17. The number of benzene rings is 2. The van der Waals surface area contributed by atoms with Crippen molar-refractivity contribution in [2.45, 2.75) is 6.54 Å². The second-order valence-corrected chi connectivity index (χ2v) is 7.24. The molecule has 10 heteroatoms. The first-order chi connectivity index (χ1) is 13.4. The molecule has 1 amide bonds. The Labute approximate surface area is 173 Å². The van der Waals surface area contributed by atoms with Gasteiger partial charge in [-0.2, -0.15) is 0 Å². The molecule has 0 fully saturated rings. The summed E-state index contributed by atoms with van der Waals surface area (Å²) in [7, 11) is 0. The standard InChI is InChI=1S/C18H12Cl3N3O4/c19-9-3-10-17(12(21)4-9)22-8-24(18(10)26)7-16(25)23-13-6-15-14(5-11(13)20)27-1-2-28-15/h3-6,8H,1-2,7H2,(H,23,25). The maximum Gasteiger partial charge on any atom is 0.261 e. The summed E-state index contributed by atoms with van der Waals surface area (Å²) in [6.45, 7) is 0.572. The highest BCUT2D eigenvalue weighted by Crippen LogP contribution is 2.37. The molecule has 1 aliphatic heterocycles. The lowest BCUT2D eigenvalue weighted by Gasteiger charge is -2.20. The molecule has 3 aromatic rings. The highest BCUT2D eigenvalue weighted by atomic mass is 35.5. The van der Waals surface area contributed by atoms with Crippen LogP contribution in [0.25, 0.3) is 10.9 Å². The summed E-state index contributed by atoms with van der Waals surface area (Å²) in [5.74, 6) is 0.535. The van der Waals surface area contributed by atoms with E-state index < -0.39 is 11.5 Å². The minimum absolute atomic E-state index is 0.227. The number of halogens is 3. The predicted octanol–water partition coefficient (Wildman–Crippen LogP) is 3.77. The Morgan fingerprint density at radius 2 is 1.79 bits per heavy atom. The Hall–Kier alpha value is -2.48. The van der Waals surface area contributed by atoms with Crippen molar-refractivity contribution < 1.29 is 14.3 Å². The molecule has 2 heterocycles. The number of carbonyl (C=O) groups excluding carboxylic acids is 1. The minimum Gasteiger partial charge on any atom is -0.486 e. The van der Waals surface area contributed by atoms with E-state index in [9.17, 15) is 9.59 Å². The van der Waals surface area contributed by atoms with Crippen LogP contribution in [0.2, 0.25) is 15.1 Å². The van der Waals surface area contributed by atoms with Crippen LogP contribution in [0.5, 0.6) is 11.5 Å². The van der Waals surface area contributed by atoms with Crippen LogP contribution >= 0.6 is 34.8 Å². The molecule has 0 saturated carbocycles. The van der Waals surface area contributed by atoms with Crippen molar-refractivity contribution in [2.24, 2.45) is 0 Å². The number of anilines is 1. The summed E-state index contributed by atoms with van der Waals surface area (Å²) < 4.78 is 12.1. The molecule has 0 saturated heterocycles. The Morgan fingerprint density at radius 3 is 2.54 bits per heavy atom. The van der Waals surface area contributed by atoms with E-state index in [1.165, 1.54) is 18.5 Å². The maximum atomic E-state index is 12.6. The van der Waals surface area contributed by atoms with Gasteiger partial charge in [0, 0.05) is 17.2 Å². The van der Waals surface area contributed by atoms with Gasteiger partial charge in [0.1, 0.15) is 19.8 Å². The van der Waals surface area contributed by atoms with E-state index >= 15 is 0 Å². The first kappa shape index (κ1) is 18.9. The lowest BCUT2D eigenvalue weighted by molar-refractivity contribution is -0.116. The summed E-state index contributed by atoms with van der Waals surface area (Å²) >= 11 is 18.2. The lowest BCUT2D eigenvalue weighted by atomic mass is 10.2. The number of fused-ring (bicyclic) bond motifs is 2. The quantitative estimate of drug-likeness (QED) is 0.670. The van der Waals surface area contributed by atoms with E-state index in [0.29, 0.717) is 46.0 Å². The molecule has 144 valence electrons. The predicted molar refractivity (Wildman–Crippen MR) is 107 cm³/mol. The number of carbonyl (C=O) groups is 1. The van der Waals surface area contributed by atoms with Crippen molar-refractivity contribution in [1.29, 1.82) is 0 Å². The highest BCUT2D eigenvalue weighted by molar-refractivity contribution is 6.38. The molecule has 1 aromatic heterocycles. The molecule has 4 rings (SSSR count). The van der Waals surface area contributed by atoms with Crippen LogP contribution in [-0.2, 0) is 11.3 Å². The molecule has 0 bridgehead atoms. The van der Waals surface area contributed by atoms with E-state index in [1.54, 1.807) is 12.1 Å². The third-order valence-corrected chi connectivity index (χ3v) is 4.88. The van der Waals surface area contributed by atoms with E-state index in [4.69, 9.17) is 44.3 Å². The molecule has 28 heavy (non-hydrogen) atoms. The number of ether oxygens (including phenoxy) is 2. The molecule has 1 aliphatic rings. The summed E-state index contributed by atoms with van der Waals surface area (Å²) in [5, 5.41) is 3.75. The van der Waals surface area contributed by atoms with Gasteiger partial charge >= 0.3 is 0 Å². The monoisotopic (exact) mass is 439 g/mol. The van der Waals surface area contributed by atoms with Crippen LogP contribution in [0.4, 0.5) is 5.69 Å². The number of aromatic nitrogens is 2. The molecular formula is C18H12Cl3N3O4. The van der Waals surface area contributed by atoms with Gasteiger partial charge in [0.05, 0.1) is 33.0 Å². The lowest BCUT2D eigenvalue weighted by Crippen LogP contribution is -2.28. The van der Waals surface area contributed by atoms with Crippen LogP contribution in [0, 0.1) is 0 Å². The van der Waals surface area contributed by atoms with E-state index in [0.717, 1.165) is 4.57 Å². The SMILES string of the molecule is O=C(Cn1cnc2c(Cl)cc(Cl)cc2c1=O)Nc1cc2c(cc1Cl)OCCO2. The molecule has 0 spiro atoms. The number of hydrogen-bond donors (Lipinski definition) is 1. The van der Waals surface area contributed by atoms with Crippen molar-refractivity contribution >= 4 is 57.3 Å². The first-order valence-corrected chi connectivity index (χ1v) is 9.29. The normalized spacial score (nSPS) is 12.8. The molecule has 0 radical (unpaired) electrons. The van der Waals surface area contributed by atoms with Crippen LogP contribution < -0.4 is 20.3 Å². The van der Waals surface area contributed by atoms with Crippen LogP contribution in [0.1, 0.15) is 0 Å². The Bertz CT molecular complexity index is 1160. The number of nitrogens with zero attached hydrogens (tertiary/aromatic N) is 2. The van der Waals surface area contributed by atoms with Crippen LogP contribution in [0.3, 0.4) is 0 Å². The summed E-state index contributed by atoms with van der Waals surface area (Å²) in [4.78, 5) is 29.2. The molecule has 0 unspecified atom stereocenters. The molecular weight excluding hydrogens is 429 g/mol. The smallest absolute Gasteiger partial charge is 0.261 e. The fraction of sp³-hybridized carbons (Fsp3) is 0.167. The number of rotatable bonds is 3. The van der Waals surface area contributed by atoms with Crippen molar-refractivity contribution in [3.05, 3.63) is 56.0 Å². The zero-order chi connectivity index (χ0) is 19.8. The zero-order valence-corrected chi connectivity index (χ0v) is 16.4. The average Bonchev–Trinajstić information content (AvgIpc) is 2.65. The van der Waals surface area contributed by atoms with Gasteiger partial charge in [-0.1, -0.05) is 34.8 Å². The van der Waals surface area contributed by atoms with Crippen molar-refractivity contribution in [3.8, 4) is 11.5 Å². The van der Waals surface area contributed by atoms with Crippen molar-refractivity contribution in [1.82, 2.24) is 9.55 Å². The van der Waals surface area contributed by atoms with E-state index in [1.807, 2.05) is 0 Å². The molecule has 7 nitrogen and oxygen atoms in total. The van der Waals surface area contributed by atoms with Crippen LogP contribution in [-0.4, -0.2) is 28.7 Å². The van der Waals surface area contributed by atoms with Crippen molar-refractivity contribution in [3.63, 3.8) is 0 Å². The average molecular weight is 441 g/mol. The fourth-order valence-corrected chi connectivity index (χ4v) is 3.55. The summed E-state index contributed by atoms with van der Waals surface area (Å²) in [6.07, 6.45) is 1.26. The van der Waals surface area contributed by atoms with Gasteiger partial charge in [-0.05, 0) is 12.1 Å². The molecule has 0 atom stereocenters. The van der Waals surface area contributed by atoms with Gasteiger partial charge in [-0.25, -0.2) is 4.98 Å². The topological polar surface area (TPSA) is 82.5 Å². The van der Waals surface area contributed by atoms with Gasteiger partial charge < -0.3 is 14.8 Å². The van der Waals surface area contributed by atoms with Gasteiger partial charge in [0.15, 0.2) is 11.5 Å².